The van der Waals surface area contributed by atoms with Gasteiger partial charge in [0.1, 0.15) is 5.82 Å². The largest absolute Gasteiger partial charge is 0.379 e. The Morgan fingerprint density at radius 2 is 2.04 bits per heavy atom. The number of amides is 1. The van der Waals surface area contributed by atoms with Gasteiger partial charge in [-0.3, -0.25) is 9.79 Å². The molecule has 4 nitrogen and oxygen atoms in total. The highest BCUT2D eigenvalue weighted by Gasteiger charge is 2.29. The molecule has 2 aromatic rings. The molecule has 1 heterocycles. The van der Waals surface area contributed by atoms with E-state index in [0.29, 0.717) is 16.4 Å². The van der Waals surface area contributed by atoms with Crippen LogP contribution in [-0.2, 0) is 5.54 Å². The van der Waals surface area contributed by atoms with E-state index in [2.05, 4.69) is 10.3 Å². The standard InChI is InChI=1S/C18H18FN3OS/c1-18(9-10-24-17(20)22-18)13-3-2-4-15(11-13)21-16(23)12-5-7-14(19)8-6-12/h2-8,11H,9-10H2,1H3,(H2,20,22)(H,21,23). The van der Waals surface area contributed by atoms with Gasteiger partial charge in [0, 0.05) is 17.0 Å². The number of nitrogens with one attached hydrogen (secondary N) is 1. The van der Waals surface area contributed by atoms with Gasteiger partial charge < -0.3 is 11.1 Å². The summed E-state index contributed by atoms with van der Waals surface area (Å²) in [5.74, 6) is 0.268. The maximum absolute atomic E-state index is 13.0. The average Bonchev–Trinajstić information content (AvgIpc) is 2.55. The number of nitrogens with zero attached hydrogens (tertiary/aromatic N) is 1. The lowest BCUT2D eigenvalue weighted by atomic mass is 9.89. The van der Waals surface area contributed by atoms with E-state index in [1.807, 2.05) is 31.2 Å². The first-order valence-electron chi connectivity index (χ1n) is 7.62. The van der Waals surface area contributed by atoms with E-state index in [9.17, 15) is 9.18 Å². The van der Waals surface area contributed by atoms with Gasteiger partial charge in [-0.25, -0.2) is 4.39 Å². The molecule has 3 rings (SSSR count). The number of amidine groups is 1. The molecule has 1 atom stereocenters. The number of carbonyl (C=O) groups excluding carboxylic acids is 1. The Balaban J connectivity index is 1.82. The number of anilines is 1. The minimum absolute atomic E-state index is 0.278. The molecule has 0 aromatic heterocycles. The van der Waals surface area contributed by atoms with Crippen LogP contribution in [0.25, 0.3) is 0 Å². The Bertz CT molecular complexity index is 791. The van der Waals surface area contributed by atoms with Crippen molar-refractivity contribution in [3.63, 3.8) is 0 Å². The Morgan fingerprint density at radius 3 is 2.75 bits per heavy atom. The van der Waals surface area contributed by atoms with Gasteiger partial charge in [-0.15, -0.1) is 0 Å². The number of rotatable bonds is 3. The fraction of sp³-hybridized carbons (Fsp3) is 0.222. The van der Waals surface area contributed by atoms with Crippen molar-refractivity contribution in [1.82, 2.24) is 0 Å². The molecule has 3 N–H and O–H groups in total. The van der Waals surface area contributed by atoms with Crippen LogP contribution in [-0.4, -0.2) is 16.8 Å². The summed E-state index contributed by atoms with van der Waals surface area (Å²) in [7, 11) is 0. The van der Waals surface area contributed by atoms with Gasteiger partial charge in [0.25, 0.3) is 5.91 Å². The van der Waals surface area contributed by atoms with Crippen LogP contribution in [0.15, 0.2) is 53.5 Å². The normalized spacial score (nSPS) is 20.3. The number of aliphatic imine (C=N–C) groups is 1. The Labute approximate surface area is 144 Å². The highest BCUT2D eigenvalue weighted by Crippen LogP contribution is 2.35. The molecular weight excluding hydrogens is 325 g/mol. The van der Waals surface area contributed by atoms with E-state index < -0.39 is 0 Å². The maximum Gasteiger partial charge on any atom is 0.255 e. The summed E-state index contributed by atoms with van der Waals surface area (Å²) in [6.07, 6.45) is 0.883. The maximum atomic E-state index is 13.0. The Morgan fingerprint density at radius 1 is 1.29 bits per heavy atom. The third-order valence-corrected chi connectivity index (χ3v) is 4.84. The first kappa shape index (κ1) is 16.5. The Hall–Kier alpha value is -2.34. The summed E-state index contributed by atoms with van der Waals surface area (Å²) in [6, 6.07) is 13.0. The molecule has 1 aliphatic heterocycles. The molecule has 0 saturated heterocycles. The predicted octanol–water partition coefficient (Wildman–Crippen LogP) is 3.74. The lowest BCUT2D eigenvalue weighted by Crippen LogP contribution is -2.28. The van der Waals surface area contributed by atoms with Crippen molar-refractivity contribution in [3.05, 3.63) is 65.5 Å². The summed E-state index contributed by atoms with van der Waals surface area (Å²) in [6.45, 7) is 2.04. The Kier molecular flexibility index (Phi) is 4.57. The molecule has 1 aliphatic rings. The van der Waals surface area contributed by atoms with Gasteiger partial charge in [0.15, 0.2) is 5.17 Å². The molecule has 0 aliphatic carbocycles. The van der Waals surface area contributed by atoms with Crippen molar-refractivity contribution in [2.75, 3.05) is 11.1 Å². The summed E-state index contributed by atoms with van der Waals surface area (Å²) >= 11 is 1.56. The van der Waals surface area contributed by atoms with E-state index in [4.69, 9.17) is 5.73 Å². The van der Waals surface area contributed by atoms with Crippen LogP contribution in [0.5, 0.6) is 0 Å². The molecule has 1 unspecified atom stereocenters. The average molecular weight is 343 g/mol. The second-order valence-corrected chi connectivity index (χ2v) is 6.98. The van der Waals surface area contributed by atoms with Gasteiger partial charge in [-0.2, -0.15) is 0 Å². The molecule has 1 amide bonds. The van der Waals surface area contributed by atoms with E-state index in [1.54, 1.807) is 11.8 Å². The van der Waals surface area contributed by atoms with Crippen LogP contribution >= 0.6 is 11.8 Å². The van der Waals surface area contributed by atoms with Crippen molar-refractivity contribution in [2.24, 2.45) is 10.7 Å². The highest BCUT2D eigenvalue weighted by molar-refractivity contribution is 8.13. The molecule has 0 fully saturated rings. The number of thioether (sulfide) groups is 1. The molecule has 24 heavy (non-hydrogen) atoms. The minimum atomic E-state index is -0.383. The van der Waals surface area contributed by atoms with Crippen molar-refractivity contribution in [2.45, 2.75) is 18.9 Å². The number of hydrogen-bond donors (Lipinski definition) is 2. The lowest BCUT2D eigenvalue weighted by Gasteiger charge is -2.30. The second kappa shape index (κ2) is 6.65. The fourth-order valence-electron chi connectivity index (χ4n) is 2.63. The molecule has 6 heteroatoms. The number of halogens is 1. The summed E-state index contributed by atoms with van der Waals surface area (Å²) < 4.78 is 13.0. The number of nitrogens with two attached hydrogens (primary N) is 1. The molecule has 0 saturated carbocycles. The van der Waals surface area contributed by atoms with Gasteiger partial charge >= 0.3 is 0 Å². The molecule has 0 bridgehead atoms. The third-order valence-electron chi connectivity index (χ3n) is 4.04. The molecule has 124 valence electrons. The fourth-order valence-corrected chi connectivity index (χ4v) is 3.61. The predicted molar refractivity (Wildman–Crippen MR) is 96.8 cm³/mol. The smallest absolute Gasteiger partial charge is 0.255 e. The molecule has 0 spiro atoms. The number of carbonyl (C=O) groups is 1. The number of hydrogen-bond acceptors (Lipinski definition) is 4. The molecular formula is C18H18FN3OS. The van der Waals surface area contributed by atoms with Gasteiger partial charge in [-0.1, -0.05) is 23.9 Å². The van der Waals surface area contributed by atoms with E-state index in [1.165, 1.54) is 24.3 Å². The topological polar surface area (TPSA) is 67.5 Å². The van der Waals surface area contributed by atoms with Gasteiger partial charge in [0.05, 0.1) is 5.54 Å². The van der Waals surface area contributed by atoms with Crippen LogP contribution < -0.4 is 11.1 Å². The van der Waals surface area contributed by atoms with Crippen LogP contribution in [0.3, 0.4) is 0 Å². The monoisotopic (exact) mass is 343 g/mol. The van der Waals surface area contributed by atoms with E-state index in [0.717, 1.165) is 17.7 Å². The third kappa shape index (κ3) is 3.59. The first-order valence-corrected chi connectivity index (χ1v) is 8.60. The zero-order valence-electron chi connectivity index (χ0n) is 13.3. The van der Waals surface area contributed by atoms with Crippen molar-refractivity contribution in [1.29, 1.82) is 0 Å². The summed E-state index contributed by atoms with van der Waals surface area (Å²) in [5.41, 5.74) is 7.57. The lowest BCUT2D eigenvalue weighted by molar-refractivity contribution is 0.102. The molecule has 2 aromatic carbocycles. The van der Waals surface area contributed by atoms with Gasteiger partial charge in [0.2, 0.25) is 0 Å². The number of benzene rings is 2. The summed E-state index contributed by atoms with van der Waals surface area (Å²) in [4.78, 5) is 16.8. The highest BCUT2D eigenvalue weighted by atomic mass is 32.2. The van der Waals surface area contributed by atoms with Crippen LogP contribution in [0.2, 0.25) is 0 Å². The van der Waals surface area contributed by atoms with Crippen molar-refractivity contribution < 1.29 is 9.18 Å². The van der Waals surface area contributed by atoms with Crippen LogP contribution in [0, 0.1) is 5.82 Å². The van der Waals surface area contributed by atoms with Crippen LogP contribution in [0.4, 0.5) is 10.1 Å². The second-order valence-electron chi connectivity index (χ2n) is 5.86. The summed E-state index contributed by atoms with van der Waals surface area (Å²) in [5, 5.41) is 3.43. The SMILES string of the molecule is CC1(c2cccc(NC(=O)c3ccc(F)cc3)c2)CCSC(N)=N1. The zero-order valence-corrected chi connectivity index (χ0v) is 14.1. The zero-order chi connectivity index (χ0) is 17.2. The van der Waals surface area contributed by atoms with Crippen molar-refractivity contribution in [3.8, 4) is 0 Å². The van der Waals surface area contributed by atoms with Gasteiger partial charge in [-0.05, 0) is 55.3 Å². The van der Waals surface area contributed by atoms with E-state index >= 15 is 0 Å². The van der Waals surface area contributed by atoms with Crippen LogP contribution in [0.1, 0.15) is 29.3 Å². The first-order chi connectivity index (χ1) is 11.5. The minimum Gasteiger partial charge on any atom is -0.379 e. The quantitative estimate of drug-likeness (QED) is 0.892. The van der Waals surface area contributed by atoms with E-state index in [-0.39, 0.29) is 17.3 Å². The van der Waals surface area contributed by atoms with Crippen molar-refractivity contribution >= 4 is 28.5 Å². The molecule has 0 radical (unpaired) electrons.